The van der Waals surface area contributed by atoms with E-state index in [2.05, 4.69) is 5.32 Å². The average molecular weight is 287 g/mol. The number of benzene rings is 1. The standard InChI is InChI=1S/C13H18FNO3S/c14-11-4-1-2-5-12(11)19-10-13(17)15-6-3-8-18-9-7-16/h1-2,4-5,16H,3,6-10H2,(H,15,17). The monoisotopic (exact) mass is 287 g/mol. The Morgan fingerprint density at radius 2 is 2.16 bits per heavy atom. The van der Waals surface area contributed by atoms with Gasteiger partial charge in [0.1, 0.15) is 5.82 Å². The summed E-state index contributed by atoms with van der Waals surface area (Å²) in [5, 5.41) is 11.2. The smallest absolute Gasteiger partial charge is 0.230 e. The Kier molecular flexibility index (Phi) is 8.20. The van der Waals surface area contributed by atoms with Crippen LogP contribution in [-0.4, -0.2) is 43.1 Å². The van der Waals surface area contributed by atoms with Crippen LogP contribution in [0.25, 0.3) is 0 Å². The van der Waals surface area contributed by atoms with Crippen molar-refractivity contribution in [3.8, 4) is 0 Å². The first kappa shape index (κ1) is 15.9. The third-order valence-corrected chi connectivity index (χ3v) is 3.27. The molecule has 0 aliphatic heterocycles. The molecule has 0 spiro atoms. The summed E-state index contributed by atoms with van der Waals surface area (Å²) in [7, 11) is 0. The molecular weight excluding hydrogens is 269 g/mol. The third-order valence-electron chi connectivity index (χ3n) is 2.22. The molecule has 1 aromatic carbocycles. The van der Waals surface area contributed by atoms with Gasteiger partial charge < -0.3 is 15.2 Å². The fourth-order valence-corrected chi connectivity index (χ4v) is 2.09. The molecule has 0 aliphatic carbocycles. The quantitative estimate of drug-likeness (QED) is 0.533. The second kappa shape index (κ2) is 9.77. The van der Waals surface area contributed by atoms with Crippen molar-refractivity contribution in [3.05, 3.63) is 30.1 Å². The molecule has 6 heteroatoms. The normalized spacial score (nSPS) is 10.4. The van der Waals surface area contributed by atoms with Gasteiger partial charge in [0.2, 0.25) is 5.91 Å². The number of carbonyl (C=O) groups is 1. The first-order chi connectivity index (χ1) is 9.24. The van der Waals surface area contributed by atoms with E-state index in [9.17, 15) is 9.18 Å². The summed E-state index contributed by atoms with van der Waals surface area (Å²) in [6, 6.07) is 6.38. The van der Waals surface area contributed by atoms with Gasteiger partial charge in [-0.2, -0.15) is 0 Å². The number of halogens is 1. The van der Waals surface area contributed by atoms with E-state index in [1.165, 1.54) is 17.8 Å². The summed E-state index contributed by atoms with van der Waals surface area (Å²) < 4.78 is 18.3. The van der Waals surface area contributed by atoms with Gasteiger partial charge in [-0.3, -0.25) is 4.79 Å². The Morgan fingerprint density at radius 1 is 1.37 bits per heavy atom. The molecule has 0 aliphatic rings. The van der Waals surface area contributed by atoms with Crippen LogP contribution in [0, 0.1) is 5.82 Å². The third kappa shape index (κ3) is 7.15. The number of hydrogen-bond donors (Lipinski definition) is 2. The van der Waals surface area contributed by atoms with E-state index >= 15 is 0 Å². The number of ether oxygens (including phenoxy) is 1. The fraction of sp³-hybridized carbons (Fsp3) is 0.462. The van der Waals surface area contributed by atoms with Gasteiger partial charge in [0, 0.05) is 18.0 Å². The first-order valence-electron chi connectivity index (χ1n) is 6.06. The molecule has 0 fully saturated rings. The minimum absolute atomic E-state index is 0.00559. The van der Waals surface area contributed by atoms with Gasteiger partial charge in [-0.15, -0.1) is 11.8 Å². The fourth-order valence-electron chi connectivity index (χ4n) is 1.32. The lowest BCUT2D eigenvalue weighted by Gasteiger charge is -2.06. The van der Waals surface area contributed by atoms with Crippen molar-refractivity contribution in [1.82, 2.24) is 5.32 Å². The zero-order valence-corrected chi connectivity index (χ0v) is 11.4. The zero-order valence-electron chi connectivity index (χ0n) is 10.6. The van der Waals surface area contributed by atoms with Crippen molar-refractivity contribution in [2.24, 2.45) is 0 Å². The summed E-state index contributed by atoms with van der Waals surface area (Å²) in [6.45, 7) is 1.34. The Hall–Kier alpha value is -1.11. The van der Waals surface area contributed by atoms with Crippen LogP contribution in [-0.2, 0) is 9.53 Å². The highest BCUT2D eigenvalue weighted by Gasteiger charge is 2.05. The van der Waals surface area contributed by atoms with Crippen molar-refractivity contribution in [2.75, 3.05) is 32.1 Å². The van der Waals surface area contributed by atoms with E-state index in [0.717, 1.165) is 0 Å². The van der Waals surface area contributed by atoms with Crippen LogP contribution in [0.5, 0.6) is 0 Å². The molecule has 1 amide bonds. The van der Waals surface area contributed by atoms with E-state index in [4.69, 9.17) is 9.84 Å². The highest BCUT2D eigenvalue weighted by atomic mass is 32.2. The second-order valence-corrected chi connectivity index (χ2v) is 4.78. The molecule has 1 rings (SSSR count). The minimum Gasteiger partial charge on any atom is -0.394 e. The van der Waals surface area contributed by atoms with E-state index < -0.39 is 0 Å². The highest BCUT2D eigenvalue weighted by Crippen LogP contribution is 2.20. The van der Waals surface area contributed by atoms with Crippen molar-refractivity contribution in [3.63, 3.8) is 0 Å². The summed E-state index contributed by atoms with van der Waals surface area (Å²) in [4.78, 5) is 12.0. The van der Waals surface area contributed by atoms with Gasteiger partial charge in [-0.25, -0.2) is 4.39 Å². The molecule has 0 radical (unpaired) electrons. The Morgan fingerprint density at radius 3 is 2.89 bits per heavy atom. The van der Waals surface area contributed by atoms with Crippen LogP contribution in [0.1, 0.15) is 6.42 Å². The lowest BCUT2D eigenvalue weighted by atomic mass is 10.3. The first-order valence-corrected chi connectivity index (χ1v) is 7.05. The van der Waals surface area contributed by atoms with Crippen LogP contribution in [0.2, 0.25) is 0 Å². The Balaban J connectivity index is 2.10. The number of hydrogen-bond acceptors (Lipinski definition) is 4. The van der Waals surface area contributed by atoms with Crippen LogP contribution in [0.15, 0.2) is 29.2 Å². The van der Waals surface area contributed by atoms with Crippen LogP contribution >= 0.6 is 11.8 Å². The summed E-state index contributed by atoms with van der Waals surface area (Å²) >= 11 is 1.18. The van der Waals surface area contributed by atoms with Crippen LogP contribution < -0.4 is 5.32 Å². The van der Waals surface area contributed by atoms with Crippen molar-refractivity contribution in [2.45, 2.75) is 11.3 Å². The molecule has 0 saturated heterocycles. The zero-order chi connectivity index (χ0) is 13.9. The second-order valence-electron chi connectivity index (χ2n) is 3.76. The molecule has 0 unspecified atom stereocenters. The molecule has 19 heavy (non-hydrogen) atoms. The van der Waals surface area contributed by atoms with Gasteiger partial charge in [-0.05, 0) is 18.6 Å². The van der Waals surface area contributed by atoms with E-state index in [1.54, 1.807) is 18.2 Å². The van der Waals surface area contributed by atoms with E-state index in [-0.39, 0.29) is 24.1 Å². The van der Waals surface area contributed by atoms with Gasteiger partial charge in [0.05, 0.1) is 19.0 Å². The maximum atomic E-state index is 13.3. The number of aliphatic hydroxyl groups is 1. The Labute approximate surface area is 116 Å². The molecule has 1 aromatic rings. The molecule has 4 nitrogen and oxygen atoms in total. The highest BCUT2D eigenvalue weighted by molar-refractivity contribution is 8.00. The van der Waals surface area contributed by atoms with Crippen molar-refractivity contribution >= 4 is 17.7 Å². The molecular formula is C13H18FNO3S. The predicted octanol–water partition coefficient (Wildman–Crippen LogP) is 1.43. The number of amides is 1. The van der Waals surface area contributed by atoms with Crippen LogP contribution in [0.4, 0.5) is 4.39 Å². The van der Waals surface area contributed by atoms with Crippen molar-refractivity contribution in [1.29, 1.82) is 0 Å². The lowest BCUT2D eigenvalue weighted by Crippen LogP contribution is -2.27. The number of carbonyl (C=O) groups excluding carboxylic acids is 1. The SMILES string of the molecule is O=C(CSc1ccccc1F)NCCCOCCO. The largest absolute Gasteiger partial charge is 0.394 e. The van der Waals surface area contributed by atoms with Gasteiger partial charge in [0.25, 0.3) is 0 Å². The maximum Gasteiger partial charge on any atom is 0.230 e. The molecule has 0 heterocycles. The average Bonchev–Trinajstić information content (AvgIpc) is 2.42. The topological polar surface area (TPSA) is 58.6 Å². The molecule has 0 saturated carbocycles. The predicted molar refractivity (Wildman–Crippen MR) is 72.7 cm³/mol. The number of thioether (sulfide) groups is 1. The molecule has 2 N–H and O–H groups in total. The van der Waals surface area contributed by atoms with Crippen LogP contribution in [0.3, 0.4) is 0 Å². The van der Waals surface area contributed by atoms with Crippen molar-refractivity contribution < 1.29 is 19.0 Å². The number of aliphatic hydroxyl groups excluding tert-OH is 1. The van der Waals surface area contributed by atoms with E-state index in [1.807, 2.05) is 0 Å². The van der Waals surface area contributed by atoms with Gasteiger partial charge >= 0.3 is 0 Å². The molecule has 106 valence electrons. The molecule has 0 aromatic heterocycles. The summed E-state index contributed by atoms with van der Waals surface area (Å²) in [5.41, 5.74) is 0. The lowest BCUT2D eigenvalue weighted by molar-refractivity contribution is -0.118. The van der Waals surface area contributed by atoms with E-state index in [0.29, 0.717) is 31.1 Å². The molecule has 0 bridgehead atoms. The summed E-state index contributed by atoms with van der Waals surface area (Å²) in [5.74, 6) is -0.244. The summed E-state index contributed by atoms with van der Waals surface area (Å²) in [6.07, 6.45) is 0.691. The number of nitrogens with one attached hydrogen (secondary N) is 1. The van der Waals surface area contributed by atoms with Gasteiger partial charge in [-0.1, -0.05) is 12.1 Å². The minimum atomic E-state index is -0.308. The molecule has 0 atom stereocenters. The van der Waals surface area contributed by atoms with Gasteiger partial charge in [0.15, 0.2) is 0 Å². The maximum absolute atomic E-state index is 13.3. The Bertz CT molecular complexity index is 390. The number of rotatable bonds is 9.